The van der Waals surface area contributed by atoms with Crippen LogP contribution in [-0.4, -0.2) is 11.1 Å². The van der Waals surface area contributed by atoms with Crippen molar-refractivity contribution < 1.29 is 9.90 Å². The lowest BCUT2D eigenvalue weighted by atomic mass is 10.1. The molecule has 0 saturated carbocycles. The third-order valence-corrected chi connectivity index (χ3v) is 3.89. The summed E-state index contributed by atoms with van der Waals surface area (Å²) in [6.07, 6.45) is 0. The molecule has 13 heavy (non-hydrogen) atoms. The Morgan fingerprint density at radius 2 is 2.23 bits per heavy atom. The minimum absolute atomic E-state index is 0.611. The van der Waals surface area contributed by atoms with E-state index in [0.717, 1.165) is 8.04 Å². The SMILES string of the molecule is NC(C(=O)O)c1ccc(Br)c(I)c1. The first-order valence-corrected chi connectivity index (χ1v) is 5.33. The molecule has 3 nitrogen and oxygen atoms in total. The highest BCUT2D eigenvalue weighted by atomic mass is 127. The summed E-state index contributed by atoms with van der Waals surface area (Å²) in [6, 6.07) is 4.30. The van der Waals surface area contributed by atoms with E-state index in [2.05, 4.69) is 38.5 Å². The molecule has 0 aliphatic carbocycles. The molecule has 0 aliphatic rings. The van der Waals surface area contributed by atoms with Crippen LogP contribution in [0.3, 0.4) is 0 Å². The summed E-state index contributed by atoms with van der Waals surface area (Å²) in [5.74, 6) is -1.02. The maximum Gasteiger partial charge on any atom is 0.325 e. The van der Waals surface area contributed by atoms with Crippen molar-refractivity contribution in [3.05, 3.63) is 31.8 Å². The number of nitrogens with two attached hydrogens (primary N) is 1. The molecule has 5 heteroatoms. The molecule has 3 N–H and O–H groups in total. The van der Waals surface area contributed by atoms with Crippen molar-refractivity contribution in [3.63, 3.8) is 0 Å². The highest BCUT2D eigenvalue weighted by Gasteiger charge is 2.14. The Labute approximate surface area is 97.6 Å². The highest BCUT2D eigenvalue weighted by molar-refractivity contribution is 14.1. The van der Waals surface area contributed by atoms with Gasteiger partial charge in [0.1, 0.15) is 6.04 Å². The Morgan fingerprint density at radius 3 is 2.69 bits per heavy atom. The average Bonchev–Trinajstić information content (AvgIpc) is 2.08. The van der Waals surface area contributed by atoms with Crippen LogP contribution in [0.25, 0.3) is 0 Å². The van der Waals surface area contributed by atoms with Gasteiger partial charge >= 0.3 is 5.97 Å². The summed E-state index contributed by atoms with van der Waals surface area (Å²) >= 11 is 5.43. The molecule has 70 valence electrons. The fraction of sp³-hybridized carbons (Fsp3) is 0.125. The second-order valence-electron chi connectivity index (χ2n) is 2.49. The van der Waals surface area contributed by atoms with Gasteiger partial charge in [-0.3, -0.25) is 4.79 Å². The van der Waals surface area contributed by atoms with Crippen LogP contribution in [0.4, 0.5) is 0 Å². The van der Waals surface area contributed by atoms with Crippen molar-refractivity contribution in [1.82, 2.24) is 0 Å². The van der Waals surface area contributed by atoms with Gasteiger partial charge in [0.15, 0.2) is 0 Å². The molecule has 0 spiro atoms. The molecular weight excluding hydrogens is 349 g/mol. The number of carbonyl (C=O) groups is 1. The van der Waals surface area contributed by atoms with E-state index in [1.165, 1.54) is 0 Å². The molecule has 1 unspecified atom stereocenters. The first kappa shape index (κ1) is 10.9. The monoisotopic (exact) mass is 355 g/mol. The van der Waals surface area contributed by atoms with Crippen molar-refractivity contribution in [2.75, 3.05) is 0 Å². The predicted octanol–water partition coefficient (Wildman–Crippen LogP) is 2.14. The highest BCUT2D eigenvalue weighted by Crippen LogP contribution is 2.22. The zero-order chi connectivity index (χ0) is 10.0. The topological polar surface area (TPSA) is 63.3 Å². The summed E-state index contributed by atoms with van der Waals surface area (Å²) in [5.41, 5.74) is 6.05. The van der Waals surface area contributed by atoms with Crippen LogP contribution in [0.1, 0.15) is 11.6 Å². The summed E-state index contributed by atoms with van der Waals surface area (Å²) in [4.78, 5) is 10.6. The third-order valence-electron chi connectivity index (χ3n) is 1.57. The van der Waals surface area contributed by atoms with Gasteiger partial charge in [-0.15, -0.1) is 0 Å². The van der Waals surface area contributed by atoms with E-state index in [1.807, 2.05) is 0 Å². The van der Waals surface area contributed by atoms with Gasteiger partial charge in [0.05, 0.1) is 0 Å². The summed E-state index contributed by atoms with van der Waals surface area (Å²) in [6.45, 7) is 0. The van der Waals surface area contributed by atoms with E-state index in [-0.39, 0.29) is 0 Å². The van der Waals surface area contributed by atoms with Gasteiger partial charge in [0.25, 0.3) is 0 Å². The van der Waals surface area contributed by atoms with Crippen LogP contribution in [0, 0.1) is 3.57 Å². The van der Waals surface area contributed by atoms with Gasteiger partial charge in [0, 0.05) is 8.04 Å². The first-order valence-electron chi connectivity index (χ1n) is 3.45. The maximum atomic E-state index is 10.6. The minimum Gasteiger partial charge on any atom is -0.480 e. The summed E-state index contributed by atoms with van der Waals surface area (Å²) < 4.78 is 1.89. The molecule has 0 heterocycles. The molecule has 0 radical (unpaired) electrons. The van der Waals surface area contributed by atoms with Crippen LogP contribution < -0.4 is 5.73 Å². The maximum absolute atomic E-state index is 10.6. The Bertz CT molecular complexity index is 343. The molecule has 0 fully saturated rings. The van der Waals surface area contributed by atoms with E-state index in [4.69, 9.17) is 10.8 Å². The van der Waals surface area contributed by atoms with Crippen molar-refractivity contribution >= 4 is 44.5 Å². The van der Waals surface area contributed by atoms with Crippen LogP contribution >= 0.6 is 38.5 Å². The Kier molecular flexibility index (Phi) is 3.69. The molecule has 0 bridgehead atoms. The van der Waals surface area contributed by atoms with Crippen LogP contribution in [0.2, 0.25) is 0 Å². The van der Waals surface area contributed by atoms with Crippen LogP contribution in [0.5, 0.6) is 0 Å². The third kappa shape index (κ3) is 2.65. The number of rotatable bonds is 2. The van der Waals surface area contributed by atoms with Crippen molar-refractivity contribution in [1.29, 1.82) is 0 Å². The molecule has 0 saturated heterocycles. The van der Waals surface area contributed by atoms with Gasteiger partial charge in [-0.2, -0.15) is 0 Å². The van der Waals surface area contributed by atoms with Gasteiger partial charge in [0.2, 0.25) is 0 Å². The Balaban J connectivity index is 3.03. The number of hydrogen-bond acceptors (Lipinski definition) is 2. The lowest BCUT2D eigenvalue weighted by Crippen LogP contribution is -2.20. The van der Waals surface area contributed by atoms with Crippen LogP contribution in [0.15, 0.2) is 22.7 Å². The average molecular weight is 356 g/mol. The zero-order valence-corrected chi connectivity index (χ0v) is 10.2. The molecule has 1 atom stereocenters. The lowest BCUT2D eigenvalue weighted by Gasteiger charge is -2.07. The number of hydrogen-bond donors (Lipinski definition) is 2. The van der Waals surface area contributed by atoms with E-state index in [1.54, 1.807) is 18.2 Å². The van der Waals surface area contributed by atoms with E-state index in [9.17, 15) is 4.79 Å². The Hall–Kier alpha value is -0.140. The zero-order valence-electron chi connectivity index (χ0n) is 6.50. The number of carboxylic acids is 1. The predicted molar refractivity (Wildman–Crippen MR) is 61.4 cm³/mol. The fourth-order valence-corrected chi connectivity index (χ4v) is 1.63. The number of aliphatic carboxylic acids is 1. The molecule has 1 rings (SSSR count). The van der Waals surface area contributed by atoms with Crippen molar-refractivity contribution in [3.8, 4) is 0 Å². The van der Waals surface area contributed by atoms with Crippen molar-refractivity contribution in [2.45, 2.75) is 6.04 Å². The Morgan fingerprint density at radius 1 is 1.62 bits per heavy atom. The van der Waals surface area contributed by atoms with Gasteiger partial charge in [-0.1, -0.05) is 6.07 Å². The first-order chi connectivity index (χ1) is 6.02. The summed E-state index contributed by atoms with van der Waals surface area (Å²) in [5, 5.41) is 8.66. The molecule has 0 aromatic heterocycles. The second kappa shape index (κ2) is 4.39. The molecular formula is C8H7BrINO2. The lowest BCUT2D eigenvalue weighted by molar-refractivity contribution is -0.138. The van der Waals surface area contributed by atoms with E-state index < -0.39 is 12.0 Å². The fourth-order valence-electron chi connectivity index (χ4n) is 0.848. The summed E-state index contributed by atoms with van der Waals surface area (Å²) in [7, 11) is 0. The van der Waals surface area contributed by atoms with Gasteiger partial charge in [-0.25, -0.2) is 0 Å². The molecule has 1 aromatic carbocycles. The molecule has 1 aromatic rings. The minimum atomic E-state index is -1.02. The van der Waals surface area contributed by atoms with E-state index >= 15 is 0 Å². The van der Waals surface area contributed by atoms with Gasteiger partial charge in [-0.05, 0) is 56.2 Å². The van der Waals surface area contributed by atoms with Crippen molar-refractivity contribution in [2.24, 2.45) is 5.73 Å². The smallest absolute Gasteiger partial charge is 0.325 e. The van der Waals surface area contributed by atoms with Gasteiger partial charge < -0.3 is 10.8 Å². The number of benzene rings is 1. The molecule has 0 aliphatic heterocycles. The van der Waals surface area contributed by atoms with Crippen LogP contribution in [-0.2, 0) is 4.79 Å². The second-order valence-corrected chi connectivity index (χ2v) is 4.51. The van der Waals surface area contributed by atoms with E-state index in [0.29, 0.717) is 5.56 Å². The molecule has 0 amide bonds. The normalized spacial score (nSPS) is 12.5. The quantitative estimate of drug-likeness (QED) is 0.799. The number of carboxylic acid groups (broad SMARTS) is 1. The number of halogens is 2. The standard InChI is InChI=1S/C8H7BrINO2/c9-5-2-1-4(3-6(5)10)7(11)8(12)13/h1-3,7H,11H2,(H,12,13). The largest absolute Gasteiger partial charge is 0.480 e.